The van der Waals surface area contributed by atoms with E-state index in [-0.39, 0.29) is 12.3 Å². The number of rotatable bonds is 3. The topological polar surface area (TPSA) is 97.1 Å². The summed E-state index contributed by atoms with van der Waals surface area (Å²) in [5.41, 5.74) is 10.4. The smallest absolute Gasteiger partial charge is 0.238 e. The van der Waals surface area contributed by atoms with Crippen molar-refractivity contribution in [1.29, 1.82) is 0 Å². The number of carbonyl (C=O) groups is 1. The zero-order valence-corrected chi connectivity index (χ0v) is 15.1. The molecule has 3 N–H and O–H groups in total. The van der Waals surface area contributed by atoms with Gasteiger partial charge < -0.3 is 15.5 Å². The van der Waals surface area contributed by atoms with E-state index in [1.807, 2.05) is 42.6 Å². The van der Waals surface area contributed by atoms with E-state index in [9.17, 15) is 4.79 Å². The highest BCUT2D eigenvalue weighted by Crippen LogP contribution is 2.36. The minimum absolute atomic E-state index is 0.0445. The molecule has 2 aromatic carbocycles. The molecule has 1 aliphatic rings. The molecule has 3 heterocycles. The number of anilines is 3. The molecule has 4 aromatic rings. The molecule has 1 aliphatic heterocycles. The van der Waals surface area contributed by atoms with E-state index in [1.54, 1.807) is 24.3 Å². The van der Waals surface area contributed by atoms with Crippen molar-refractivity contribution in [3.8, 4) is 17.0 Å². The standard InChI is InChI=1S/C21H17N5O2/c1-28-19-9-12(2-4-15(19)22)18-11-24-17-10-20(27)26(21(17)25-18)14-3-5-16-13(8-14)6-7-23-16/h2-9,11,23H,10,22H2,1H3. The predicted molar refractivity (Wildman–Crippen MR) is 108 cm³/mol. The molecule has 138 valence electrons. The van der Waals surface area contributed by atoms with E-state index >= 15 is 0 Å². The molecular weight excluding hydrogens is 354 g/mol. The van der Waals surface area contributed by atoms with Crippen molar-refractivity contribution in [1.82, 2.24) is 15.0 Å². The highest BCUT2D eigenvalue weighted by Gasteiger charge is 2.32. The normalized spacial score (nSPS) is 13.2. The molecule has 0 bridgehead atoms. The van der Waals surface area contributed by atoms with Gasteiger partial charge in [0, 0.05) is 22.7 Å². The fourth-order valence-electron chi connectivity index (χ4n) is 3.50. The zero-order chi connectivity index (χ0) is 19.3. The Hall–Kier alpha value is -3.87. The molecule has 0 unspecified atom stereocenters. The third-order valence-corrected chi connectivity index (χ3v) is 4.93. The maximum absolute atomic E-state index is 12.7. The lowest BCUT2D eigenvalue weighted by Gasteiger charge is -2.17. The summed E-state index contributed by atoms with van der Waals surface area (Å²) in [7, 11) is 1.57. The highest BCUT2D eigenvalue weighted by molar-refractivity contribution is 6.07. The highest BCUT2D eigenvalue weighted by atomic mass is 16.5. The molecule has 0 atom stereocenters. The van der Waals surface area contributed by atoms with Crippen molar-refractivity contribution in [2.45, 2.75) is 6.42 Å². The zero-order valence-electron chi connectivity index (χ0n) is 15.1. The number of nitrogens with zero attached hydrogens (tertiary/aromatic N) is 3. The van der Waals surface area contributed by atoms with Crippen LogP contribution in [0, 0.1) is 0 Å². The van der Waals surface area contributed by atoms with Crippen molar-refractivity contribution in [2.24, 2.45) is 0 Å². The number of benzene rings is 2. The quantitative estimate of drug-likeness (QED) is 0.538. The van der Waals surface area contributed by atoms with Crippen molar-refractivity contribution >= 4 is 34.0 Å². The van der Waals surface area contributed by atoms with Crippen LogP contribution < -0.4 is 15.4 Å². The number of aromatic amines is 1. The number of nitrogens with one attached hydrogen (secondary N) is 1. The Morgan fingerprint density at radius 2 is 2.07 bits per heavy atom. The molecular formula is C21H17N5O2. The molecule has 2 aromatic heterocycles. The number of fused-ring (bicyclic) bond motifs is 2. The number of carbonyl (C=O) groups excluding carboxylic acids is 1. The Balaban J connectivity index is 1.61. The predicted octanol–water partition coefficient (Wildman–Crippen LogP) is 3.44. The summed E-state index contributed by atoms with van der Waals surface area (Å²) < 4.78 is 5.30. The van der Waals surface area contributed by atoms with Crippen LogP contribution in [0.15, 0.2) is 54.9 Å². The lowest BCUT2D eigenvalue weighted by Crippen LogP contribution is -2.21. The van der Waals surface area contributed by atoms with Crippen LogP contribution in [0.25, 0.3) is 22.2 Å². The maximum Gasteiger partial charge on any atom is 0.238 e. The van der Waals surface area contributed by atoms with E-state index in [1.165, 1.54) is 0 Å². The molecule has 0 spiro atoms. The van der Waals surface area contributed by atoms with Crippen LogP contribution in [0.3, 0.4) is 0 Å². The van der Waals surface area contributed by atoms with Gasteiger partial charge in [-0.15, -0.1) is 0 Å². The second-order valence-corrected chi connectivity index (χ2v) is 6.64. The van der Waals surface area contributed by atoms with Gasteiger partial charge in [0.1, 0.15) is 5.75 Å². The molecule has 0 aliphatic carbocycles. The van der Waals surface area contributed by atoms with Gasteiger partial charge in [0.05, 0.1) is 42.5 Å². The first-order valence-corrected chi connectivity index (χ1v) is 8.84. The first-order chi connectivity index (χ1) is 13.6. The fourth-order valence-corrected chi connectivity index (χ4v) is 3.50. The minimum Gasteiger partial charge on any atom is -0.495 e. The van der Waals surface area contributed by atoms with Gasteiger partial charge in [0.25, 0.3) is 0 Å². The summed E-state index contributed by atoms with van der Waals surface area (Å²) in [6, 6.07) is 13.3. The average Bonchev–Trinajstić information content (AvgIpc) is 3.30. The van der Waals surface area contributed by atoms with E-state index in [0.717, 1.165) is 22.2 Å². The van der Waals surface area contributed by atoms with Crippen LogP contribution in [0.1, 0.15) is 5.69 Å². The summed E-state index contributed by atoms with van der Waals surface area (Å²) in [4.78, 5) is 26.7. The minimum atomic E-state index is -0.0445. The Morgan fingerprint density at radius 3 is 2.93 bits per heavy atom. The largest absolute Gasteiger partial charge is 0.495 e. The van der Waals surface area contributed by atoms with Gasteiger partial charge in [-0.2, -0.15) is 0 Å². The van der Waals surface area contributed by atoms with Crippen LogP contribution in [-0.4, -0.2) is 28.0 Å². The van der Waals surface area contributed by atoms with Gasteiger partial charge in [-0.25, -0.2) is 4.98 Å². The number of hydrogen-bond acceptors (Lipinski definition) is 5. The number of hydrogen-bond donors (Lipinski definition) is 2. The Kier molecular flexibility index (Phi) is 3.55. The summed E-state index contributed by atoms with van der Waals surface area (Å²) in [6.45, 7) is 0. The van der Waals surface area contributed by atoms with E-state index in [4.69, 9.17) is 15.5 Å². The van der Waals surface area contributed by atoms with E-state index in [2.05, 4.69) is 9.97 Å². The lowest BCUT2D eigenvalue weighted by molar-refractivity contribution is -0.116. The van der Waals surface area contributed by atoms with Gasteiger partial charge in [0.2, 0.25) is 5.91 Å². The molecule has 7 heteroatoms. The van der Waals surface area contributed by atoms with Crippen molar-refractivity contribution in [2.75, 3.05) is 17.7 Å². The third-order valence-electron chi connectivity index (χ3n) is 4.93. The molecule has 5 rings (SSSR count). The number of ether oxygens (including phenoxy) is 1. The van der Waals surface area contributed by atoms with Gasteiger partial charge in [-0.1, -0.05) is 6.07 Å². The van der Waals surface area contributed by atoms with Crippen LogP contribution >= 0.6 is 0 Å². The van der Waals surface area contributed by atoms with Gasteiger partial charge in [0.15, 0.2) is 5.82 Å². The van der Waals surface area contributed by atoms with Crippen LogP contribution in [0.5, 0.6) is 5.75 Å². The number of nitrogen functional groups attached to an aromatic ring is 1. The number of aromatic nitrogens is 3. The van der Waals surface area contributed by atoms with Crippen LogP contribution in [-0.2, 0) is 11.2 Å². The molecule has 0 fully saturated rings. The van der Waals surface area contributed by atoms with E-state index < -0.39 is 0 Å². The van der Waals surface area contributed by atoms with Crippen LogP contribution in [0.2, 0.25) is 0 Å². The monoisotopic (exact) mass is 371 g/mol. The number of amides is 1. The average molecular weight is 371 g/mol. The summed E-state index contributed by atoms with van der Waals surface area (Å²) >= 11 is 0. The van der Waals surface area contributed by atoms with Gasteiger partial charge in [-0.05, 0) is 36.4 Å². The second-order valence-electron chi connectivity index (χ2n) is 6.64. The molecule has 1 amide bonds. The Morgan fingerprint density at radius 1 is 1.18 bits per heavy atom. The molecule has 0 saturated heterocycles. The Bertz CT molecular complexity index is 1230. The fraction of sp³-hybridized carbons (Fsp3) is 0.0952. The first kappa shape index (κ1) is 16.3. The summed E-state index contributed by atoms with van der Waals surface area (Å²) in [6.07, 6.45) is 3.79. The molecule has 0 radical (unpaired) electrons. The SMILES string of the molecule is COc1cc(-c2cnc3c(n2)N(c2ccc4[nH]ccc4c2)C(=O)C3)ccc1N. The maximum atomic E-state index is 12.7. The third kappa shape index (κ3) is 2.48. The molecule has 28 heavy (non-hydrogen) atoms. The van der Waals surface area contributed by atoms with Gasteiger partial charge in [-0.3, -0.25) is 14.7 Å². The van der Waals surface area contributed by atoms with Crippen molar-refractivity contribution in [3.63, 3.8) is 0 Å². The van der Waals surface area contributed by atoms with Crippen molar-refractivity contribution < 1.29 is 9.53 Å². The number of methoxy groups -OCH3 is 1. The molecule has 7 nitrogen and oxygen atoms in total. The summed E-state index contributed by atoms with van der Waals surface area (Å²) in [5, 5.41) is 1.03. The van der Waals surface area contributed by atoms with Crippen LogP contribution in [0.4, 0.5) is 17.2 Å². The number of nitrogens with two attached hydrogens (primary N) is 1. The van der Waals surface area contributed by atoms with Crippen molar-refractivity contribution in [3.05, 3.63) is 60.6 Å². The lowest BCUT2D eigenvalue weighted by atomic mass is 10.1. The Labute approximate surface area is 160 Å². The van der Waals surface area contributed by atoms with Gasteiger partial charge >= 0.3 is 0 Å². The van der Waals surface area contributed by atoms with E-state index in [0.29, 0.717) is 28.6 Å². The second kappa shape index (κ2) is 6.09. The first-order valence-electron chi connectivity index (χ1n) is 8.84. The summed E-state index contributed by atoms with van der Waals surface area (Å²) in [5.74, 6) is 1.09. The number of H-pyrrole nitrogens is 1. The molecule has 0 saturated carbocycles.